The molecule has 3 heteroatoms. The summed E-state index contributed by atoms with van der Waals surface area (Å²) < 4.78 is 5.60. The summed E-state index contributed by atoms with van der Waals surface area (Å²) in [5, 5.41) is 2.93. The van der Waals surface area contributed by atoms with E-state index in [-0.39, 0.29) is 12.0 Å². The van der Waals surface area contributed by atoms with Gasteiger partial charge in [-0.25, -0.2) is 0 Å². The Labute approximate surface area is 126 Å². The lowest BCUT2D eigenvalue weighted by atomic mass is 10.1. The second-order valence-electron chi connectivity index (χ2n) is 5.19. The zero-order chi connectivity index (χ0) is 15.1. The third-order valence-electron chi connectivity index (χ3n) is 3.01. The first kappa shape index (κ1) is 15.1. The standard InChI is InChI=1S/C18H21NO2/c1-14(2)21-17-10-6-9-16(13-17)18(20)19-12-11-15-7-4-3-5-8-15/h3-10,13-14H,11-12H2,1-2H3,(H,19,20). The molecule has 2 aromatic carbocycles. The van der Waals surface area contributed by atoms with Gasteiger partial charge in [-0.3, -0.25) is 4.79 Å². The van der Waals surface area contributed by atoms with Gasteiger partial charge in [0.1, 0.15) is 5.75 Å². The molecule has 1 N–H and O–H groups in total. The van der Waals surface area contributed by atoms with Gasteiger partial charge in [0, 0.05) is 12.1 Å². The molecule has 0 spiro atoms. The molecule has 0 aromatic heterocycles. The molecule has 0 fully saturated rings. The van der Waals surface area contributed by atoms with E-state index >= 15 is 0 Å². The van der Waals surface area contributed by atoms with Crippen molar-refractivity contribution in [1.29, 1.82) is 0 Å². The van der Waals surface area contributed by atoms with Crippen molar-refractivity contribution in [3.05, 3.63) is 65.7 Å². The molecule has 0 unspecified atom stereocenters. The second-order valence-corrected chi connectivity index (χ2v) is 5.19. The van der Waals surface area contributed by atoms with Crippen molar-refractivity contribution < 1.29 is 9.53 Å². The van der Waals surface area contributed by atoms with Crippen LogP contribution >= 0.6 is 0 Å². The first-order valence-electron chi connectivity index (χ1n) is 7.24. The molecule has 0 atom stereocenters. The van der Waals surface area contributed by atoms with Gasteiger partial charge in [0.05, 0.1) is 6.10 Å². The molecule has 0 aliphatic carbocycles. The van der Waals surface area contributed by atoms with Crippen LogP contribution in [-0.2, 0) is 6.42 Å². The van der Waals surface area contributed by atoms with Gasteiger partial charge >= 0.3 is 0 Å². The SMILES string of the molecule is CC(C)Oc1cccc(C(=O)NCCc2ccccc2)c1. The van der Waals surface area contributed by atoms with Gasteiger partial charge in [-0.2, -0.15) is 0 Å². The number of hydrogen-bond acceptors (Lipinski definition) is 2. The molecule has 0 radical (unpaired) electrons. The van der Waals surface area contributed by atoms with E-state index in [0.717, 1.165) is 12.2 Å². The molecular formula is C18H21NO2. The second kappa shape index (κ2) is 7.48. The molecule has 21 heavy (non-hydrogen) atoms. The van der Waals surface area contributed by atoms with Crippen LogP contribution in [0.5, 0.6) is 5.75 Å². The number of carbonyl (C=O) groups excluding carboxylic acids is 1. The molecule has 3 nitrogen and oxygen atoms in total. The minimum absolute atomic E-state index is 0.0693. The van der Waals surface area contributed by atoms with Crippen molar-refractivity contribution >= 4 is 5.91 Å². The van der Waals surface area contributed by atoms with E-state index in [1.54, 1.807) is 12.1 Å². The highest BCUT2D eigenvalue weighted by Gasteiger charge is 2.07. The molecule has 0 saturated carbocycles. The van der Waals surface area contributed by atoms with Gasteiger partial charge in [-0.05, 0) is 44.0 Å². The fourth-order valence-electron chi connectivity index (χ4n) is 2.05. The van der Waals surface area contributed by atoms with Gasteiger partial charge in [0.25, 0.3) is 5.91 Å². The Morgan fingerprint density at radius 3 is 2.57 bits per heavy atom. The normalized spacial score (nSPS) is 10.4. The van der Waals surface area contributed by atoms with Gasteiger partial charge in [0.2, 0.25) is 0 Å². The Morgan fingerprint density at radius 2 is 1.86 bits per heavy atom. The topological polar surface area (TPSA) is 38.3 Å². The van der Waals surface area contributed by atoms with Crippen molar-refractivity contribution in [2.24, 2.45) is 0 Å². The smallest absolute Gasteiger partial charge is 0.251 e. The molecule has 0 heterocycles. The summed E-state index contributed by atoms with van der Waals surface area (Å²) in [6, 6.07) is 17.4. The van der Waals surface area contributed by atoms with Crippen LogP contribution in [0.4, 0.5) is 0 Å². The lowest BCUT2D eigenvalue weighted by molar-refractivity contribution is 0.0953. The molecule has 2 rings (SSSR count). The average molecular weight is 283 g/mol. The highest BCUT2D eigenvalue weighted by molar-refractivity contribution is 5.94. The van der Waals surface area contributed by atoms with Crippen molar-refractivity contribution in [2.75, 3.05) is 6.54 Å². The maximum Gasteiger partial charge on any atom is 0.251 e. The molecule has 0 bridgehead atoms. The number of ether oxygens (including phenoxy) is 1. The van der Waals surface area contributed by atoms with Gasteiger partial charge in [-0.1, -0.05) is 36.4 Å². The van der Waals surface area contributed by atoms with E-state index in [1.807, 2.05) is 44.2 Å². The predicted octanol–water partition coefficient (Wildman–Crippen LogP) is 3.45. The maximum absolute atomic E-state index is 12.1. The highest BCUT2D eigenvalue weighted by Crippen LogP contribution is 2.14. The first-order chi connectivity index (χ1) is 10.1. The van der Waals surface area contributed by atoms with Gasteiger partial charge in [0.15, 0.2) is 0 Å². The van der Waals surface area contributed by atoms with Gasteiger partial charge in [-0.15, -0.1) is 0 Å². The number of carbonyl (C=O) groups is 1. The lowest BCUT2D eigenvalue weighted by Gasteiger charge is -2.11. The first-order valence-corrected chi connectivity index (χ1v) is 7.24. The van der Waals surface area contributed by atoms with E-state index < -0.39 is 0 Å². The van der Waals surface area contributed by atoms with Crippen LogP contribution in [0, 0.1) is 0 Å². The van der Waals surface area contributed by atoms with Crippen LogP contribution in [-0.4, -0.2) is 18.6 Å². The average Bonchev–Trinajstić information content (AvgIpc) is 2.48. The summed E-state index contributed by atoms with van der Waals surface area (Å²) in [4.78, 5) is 12.1. The van der Waals surface area contributed by atoms with Crippen LogP contribution in [0.1, 0.15) is 29.8 Å². The lowest BCUT2D eigenvalue weighted by Crippen LogP contribution is -2.25. The Hall–Kier alpha value is -2.29. The van der Waals surface area contributed by atoms with Crippen LogP contribution in [0.3, 0.4) is 0 Å². The quantitative estimate of drug-likeness (QED) is 0.882. The Balaban J connectivity index is 1.88. The third kappa shape index (κ3) is 4.95. The summed E-state index contributed by atoms with van der Waals surface area (Å²) in [6.45, 7) is 4.55. The molecule has 0 aliphatic rings. The maximum atomic E-state index is 12.1. The van der Waals surface area contributed by atoms with E-state index in [0.29, 0.717) is 12.1 Å². The summed E-state index contributed by atoms with van der Waals surface area (Å²) in [5.41, 5.74) is 1.84. The minimum Gasteiger partial charge on any atom is -0.491 e. The molecular weight excluding hydrogens is 262 g/mol. The summed E-state index contributed by atoms with van der Waals surface area (Å²) in [7, 11) is 0. The molecule has 0 saturated heterocycles. The monoisotopic (exact) mass is 283 g/mol. The van der Waals surface area contributed by atoms with E-state index in [9.17, 15) is 4.79 Å². The van der Waals surface area contributed by atoms with Crippen LogP contribution < -0.4 is 10.1 Å². The zero-order valence-electron chi connectivity index (χ0n) is 12.5. The molecule has 1 amide bonds. The largest absolute Gasteiger partial charge is 0.491 e. The molecule has 0 aliphatic heterocycles. The minimum atomic E-state index is -0.0693. The zero-order valence-corrected chi connectivity index (χ0v) is 12.5. The Bertz CT molecular complexity index is 579. The van der Waals surface area contributed by atoms with Crippen LogP contribution in [0.15, 0.2) is 54.6 Å². The summed E-state index contributed by atoms with van der Waals surface area (Å²) >= 11 is 0. The summed E-state index contributed by atoms with van der Waals surface area (Å²) in [6.07, 6.45) is 0.927. The van der Waals surface area contributed by atoms with E-state index in [4.69, 9.17) is 4.74 Å². The highest BCUT2D eigenvalue weighted by atomic mass is 16.5. The van der Waals surface area contributed by atoms with Crippen molar-refractivity contribution in [1.82, 2.24) is 5.32 Å². The Kier molecular flexibility index (Phi) is 5.38. The summed E-state index contributed by atoms with van der Waals surface area (Å²) in [5.74, 6) is 0.654. The number of amides is 1. The molecule has 2 aromatic rings. The Morgan fingerprint density at radius 1 is 1.10 bits per heavy atom. The van der Waals surface area contributed by atoms with Crippen LogP contribution in [0.25, 0.3) is 0 Å². The number of hydrogen-bond donors (Lipinski definition) is 1. The number of nitrogens with one attached hydrogen (secondary N) is 1. The van der Waals surface area contributed by atoms with E-state index in [2.05, 4.69) is 17.4 Å². The predicted molar refractivity (Wildman–Crippen MR) is 84.7 cm³/mol. The number of rotatable bonds is 6. The van der Waals surface area contributed by atoms with Gasteiger partial charge < -0.3 is 10.1 Å². The van der Waals surface area contributed by atoms with Crippen molar-refractivity contribution in [2.45, 2.75) is 26.4 Å². The fourth-order valence-corrected chi connectivity index (χ4v) is 2.05. The third-order valence-corrected chi connectivity index (χ3v) is 3.01. The van der Waals surface area contributed by atoms with Crippen molar-refractivity contribution in [3.63, 3.8) is 0 Å². The number of benzene rings is 2. The molecule has 110 valence electrons. The van der Waals surface area contributed by atoms with Crippen molar-refractivity contribution in [3.8, 4) is 5.75 Å². The fraction of sp³-hybridized carbons (Fsp3) is 0.278. The van der Waals surface area contributed by atoms with Crippen LogP contribution in [0.2, 0.25) is 0 Å². The van der Waals surface area contributed by atoms with E-state index in [1.165, 1.54) is 5.56 Å².